The maximum Gasteiger partial charge on any atom is 0.333 e. The summed E-state index contributed by atoms with van der Waals surface area (Å²) in [5.74, 6) is -0.782. The number of hydrogen-bond donors (Lipinski definition) is 0. The Morgan fingerprint density at radius 1 is 1.32 bits per heavy atom. The Labute approximate surface area is 113 Å². The van der Waals surface area contributed by atoms with Gasteiger partial charge >= 0.3 is 5.97 Å². The summed E-state index contributed by atoms with van der Waals surface area (Å²) in [7, 11) is 1.31. The van der Waals surface area contributed by atoms with Gasteiger partial charge in [0, 0.05) is 25.0 Å². The van der Waals surface area contributed by atoms with Crippen LogP contribution in [0.2, 0.25) is 0 Å². The first-order valence-corrected chi connectivity index (χ1v) is 6.41. The van der Waals surface area contributed by atoms with Gasteiger partial charge in [-0.25, -0.2) is 4.79 Å². The molecule has 19 heavy (non-hydrogen) atoms. The van der Waals surface area contributed by atoms with Crippen LogP contribution in [0.5, 0.6) is 0 Å². The van der Waals surface area contributed by atoms with Gasteiger partial charge in [-0.05, 0) is 11.8 Å². The standard InChI is InChI=1S/C14H21NO4/c1-5-10(13(18)19-4)6-7-15-11(16)8-14(2,3)9-12(15)17/h6H,5,7-9H2,1-4H3. The van der Waals surface area contributed by atoms with Crippen molar-refractivity contribution in [3.63, 3.8) is 0 Å². The molecule has 0 radical (unpaired) electrons. The van der Waals surface area contributed by atoms with Gasteiger partial charge in [-0.1, -0.05) is 26.8 Å². The molecule has 106 valence electrons. The van der Waals surface area contributed by atoms with Crippen molar-refractivity contribution in [2.75, 3.05) is 13.7 Å². The molecule has 0 aliphatic carbocycles. The molecule has 0 N–H and O–H groups in total. The summed E-state index contributed by atoms with van der Waals surface area (Å²) in [5, 5.41) is 0. The molecule has 1 aliphatic rings. The Morgan fingerprint density at radius 2 is 1.84 bits per heavy atom. The van der Waals surface area contributed by atoms with E-state index in [1.165, 1.54) is 12.0 Å². The lowest BCUT2D eigenvalue weighted by Gasteiger charge is -2.34. The molecular formula is C14H21NO4. The van der Waals surface area contributed by atoms with Crippen LogP contribution in [-0.2, 0) is 19.1 Å². The number of likely N-dealkylation sites (tertiary alicyclic amines) is 1. The molecule has 1 fully saturated rings. The largest absolute Gasteiger partial charge is 0.466 e. The molecule has 0 spiro atoms. The van der Waals surface area contributed by atoms with Crippen LogP contribution in [-0.4, -0.2) is 36.3 Å². The highest BCUT2D eigenvalue weighted by Gasteiger charge is 2.36. The molecule has 0 atom stereocenters. The third kappa shape index (κ3) is 3.91. The molecule has 1 saturated heterocycles. The summed E-state index contributed by atoms with van der Waals surface area (Å²) < 4.78 is 4.63. The van der Waals surface area contributed by atoms with E-state index in [1.807, 2.05) is 20.8 Å². The van der Waals surface area contributed by atoms with Crippen molar-refractivity contribution in [3.8, 4) is 0 Å². The van der Waals surface area contributed by atoms with Gasteiger partial charge in [-0.2, -0.15) is 0 Å². The van der Waals surface area contributed by atoms with E-state index in [1.54, 1.807) is 6.08 Å². The van der Waals surface area contributed by atoms with Crippen LogP contribution in [0.15, 0.2) is 11.6 Å². The summed E-state index contributed by atoms with van der Waals surface area (Å²) >= 11 is 0. The van der Waals surface area contributed by atoms with Gasteiger partial charge in [0.25, 0.3) is 0 Å². The van der Waals surface area contributed by atoms with Gasteiger partial charge in [-0.3, -0.25) is 14.5 Å². The molecule has 2 amide bonds. The number of imide groups is 1. The van der Waals surface area contributed by atoms with Crippen molar-refractivity contribution in [2.24, 2.45) is 5.41 Å². The number of carbonyl (C=O) groups is 3. The van der Waals surface area contributed by atoms with E-state index in [0.717, 1.165) is 0 Å². The van der Waals surface area contributed by atoms with Gasteiger partial charge in [0.1, 0.15) is 0 Å². The topological polar surface area (TPSA) is 63.7 Å². The van der Waals surface area contributed by atoms with E-state index >= 15 is 0 Å². The molecule has 0 aromatic carbocycles. The fourth-order valence-electron chi connectivity index (χ4n) is 2.12. The molecule has 1 aliphatic heterocycles. The SMILES string of the molecule is CCC(=CCN1C(=O)CC(C)(C)CC1=O)C(=O)OC. The summed E-state index contributed by atoms with van der Waals surface area (Å²) in [6.45, 7) is 5.78. The molecule has 1 rings (SSSR count). The second-order valence-electron chi connectivity index (χ2n) is 5.49. The molecular weight excluding hydrogens is 246 g/mol. The van der Waals surface area contributed by atoms with E-state index < -0.39 is 5.97 Å². The number of methoxy groups -OCH3 is 1. The molecule has 5 nitrogen and oxygen atoms in total. The fraction of sp³-hybridized carbons (Fsp3) is 0.643. The normalized spacial score (nSPS) is 19.6. The molecule has 1 heterocycles. The molecule has 0 bridgehead atoms. The zero-order chi connectivity index (χ0) is 14.6. The van der Waals surface area contributed by atoms with Crippen molar-refractivity contribution in [1.82, 2.24) is 4.90 Å². The van der Waals surface area contributed by atoms with Crippen LogP contribution >= 0.6 is 0 Å². The van der Waals surface area contributed by atoms with E-state index in [4.69, 9.17) is 0 Å². The van der Waals surface area contributed by atoms with E-state index in [0.29, 0.717) is 24.8 Å². The summed E-state index contributed by atoms with van der Waals surface area (Å²) in [6.07, 6.45) is 2.81. The number of rotatable bonds is 4. The van der Waals surface area contributed by atoms with Crippen LogP contribution in [0.1, 0.15) is 40.0 Å². The second kappa shape index (κ2) is 5.99. The van der Waals surface area contributed by atoms with Crippen molar-refractivity contribution in [1.29, 1.82) is 0 Å². The smallest absolute Gasteiger partial charge is 0.333 e. The molecule has 0 aromatic heterocycles. The van der Waals surface area contributed by atoms with Gasteiger partial charge in [0.2, 0.25) is 11.8 Å². The van der Waals surface area contributed by atoms with Crippen LogP contribution in [0, 0.1) is 5.41 Å². The maximum absolute atomic E-state index is 11.9. The number of esters is 1. The lowest BCUT2D eigenvalue weighted by atomic mass is 9.82. The molecule has 0 aromatic rings. The van der Waals surface area contributed by atoms with Crippen LogP contribution in [0.4, 0.5) is 0 Å². The summed E-state index contributed by atoms with van der Waals surface area (Å²) in [5.41, 5.74) is 0.206. The number of ether oxygens (including phenoxy) is 1. The Bertz CT molecular complexity index is 403. The Balaban J connectivity index is 2.77. The Hall–Kier alpha value is -1.65. The van der Waals surface area contributed by atoms with Crippen LogP contribution < -0.4 is 0 Å². The first-order chi connectivity index (χ1) is 8.80. The van der Waals surface area contributed by atoms with E-state index in [9.17, 15) is 14.4 Å². The number of nitrogens with zero attached hydrogens (tertiary/aromatic N) is 1. The summed E-state index contributed by atoms with van der Waals surface area (Å²) in [4.78, 5) is 36.5. The number of piperidine rings is 1. The third-order valence-corrected chi connectivity index (χ3v) is 3.21. The van der Waals surface area contributed by atoms with Crippen molar-refractivity contribution < 1.29 is 19.1 Å². The average molecular weight is 267 g/mol. The minimum atomic E-state index is -0.417. The third-order valence-electron chi connectivity index (χ3n) is 3.21. The second-order valence-corrected chi connectivity index (χ2v) is 5.49. The fourth-order valence-corrected chi connectivity index (χ4v) is 2.12. The number of hydrogen-bond acceptors (Lipinski definition) is 4. The number of amides is 2. The Kier molecular flexibility index (Phi) is 4.86. The average Bonchev–Trinajstić information content (AvgIpc) is 2.30. The minimum Gasteiger partial charge on any atom is -0.466 e. The van der Waals surface area contributed by atoms with Crippen molar-refractivity contribution >= 4 is 17.8 Å². The van der Waals surface area contributed by atoms with E-state index in [2.05, 4.69) is 4.74 Å². The lowest BCUT2D eigenvalue weighted by molar-refractivity contribution is -0.151. The first-order valence-electron chi connectivity index (χ1n) is 6.41. The van der Waals surface area contributed by atoms with Crippen LogP contribution in [0.25, 0.3) is 0 Å². The molecule has 0 saturated carbocycles. The van der Waals surface area contributed by atoms with Gasteiger partial charge < -0.3 is 4.74 Å². The lowest BCUT2D eigenvalue weighted by Crippen LogP contribution is -2.46. The minimum absolute atomic E-state index is 0.145. The van der Waals surface area contributed by atoms with Gasteiger partial charge in [-0.15, -0.1) is 0 Å². The zero-order valence-electron chi connectivity index (χ0n) is 12.0. The van der Waals surface area contributed by atoms with Crippen LogP contribution in [0.3, 0.4) is 0 Å². The quantitative estimate of drug-likeness (QED) is 0.441. The maximum atomic E-state index is 11.9. The van der Waals surface area contributed by atoms with Gasteiger partial charge in [0.05, 0.1) is 7.11 Å². The molecule has 5 heteroatoms. The monoisotopic (exact) mass is 267 g/mol. The highest BCUT2D eigenvalue weighted by molar-refractivity contribution is 5.98. The van der Waals surface area contributed by atoms with Crippen molar-refractivity contribution in [3.05, 3.63) is 11.6 Å². The predicted octanol–water partition coefficient (Wildman–Crippen LogP) is 1.67. The predicted molar refractivity (Wildman–Crippen MR) is 70.1 cm³/mol. The zero-order valence-corrected chi connectivity index (χ0v) is 12.0. The van der Waals surface area contributed by atoms with E-state index in [-0.39, 0.29) is 23.8 Å². The Morgan fingerprint density at radius 3 is 2.26 bits per heavy atom. The highest BCUT2D eigenvalue weighted by Crippen LogP contribution is 2.31. The summed E-state index contributed by atoms with van der Waals surface area (Å²) in [6, 6.07) is 0. The first kappa shape index (κ1) is 15.4. The van der Waals surface area contributed by atoms with Gasteiger partial charge in [0.15, 0.2) is 0 Å². The number of carbonyl (C=O) groups excluding carboxylic acids is 3. The van der Waals surface area contributed by atoms with Crippen molar-refractivity contribution in [2.45, 2.75) is 40.0 Å². The highest BCUT2D eigenvalue weighted by atomic mass is 16.5. The molecule has 0 unspecified atom stereocenters.